The second kappa shape index (κ2) is 11.8. The Labute approximate surface area is 265 Å². The summed E-state index contributed by atoms with van der Waals surface area (Å²) in [6, 6.07) is 2.91. The van der Waals surface area contributed by atoms with Crippen molar-refractivity contribution < 1.29 is 47.0 Å². The Bertz CT molecular complexity index is 1510. The van der Waals surface area contributed by atoms with Crippen molar-refractivity contribution in [2.75, 3.05) is 12.4 Å². The van der Waals surface area contributed by atoms with E-state index in [1.165, 1.54) is 37.5 Å². The van der Waals surface area contributed by atoms with Crippen molar-refractivity contribution in [1.82, 2.24) is 0 Å². The molecular formula is C34H38F2O8S. The summed E-state index contributed by atoms with van der Waals surface area (Å²) in [4.78, 5) is 51.6. The number of carbonyl (C=O) groups is 4. The third-order valence-electron chi connectivity index (χ3n) is 10.6. The average Bonchev–Trinajstić information content (AvgIpc) is 3.60. The topological polar surface area (TPSA) is 120 Å². The number of carbonyl (C=O) groups excluding carboxylic acids is 4. The van der Waals surface area contributed by atoms with Crippen molar-refractivity contribution in [2.24, 2.45) is 34.5 Å². The van der Waals surface area contributed by atoms with E-state index in [1.807, 2.05) is 0 Å². The van der Waals surface area contributed by atoms with Gasteiger partial charge in [-0.1, -0.05) is 57.4 Å². The number of aliphatic hydroxyl groups excluding tert-OH is 1. The van der Waals surface area contributed by atoms with Gasteiger partial charge in [-0.15, -0.1) is 0 Å². The second-order valence-corrected chi connectivity index (χ2v) is 14.2. The van der Waals surface area contributed by atoms with Crippen LogP contribution in [0.3, 0.4) is 0 Å². The smallest absolute Gasteiger partial charge is 0.375 e. The summed E-state index contributed by atoms with van der Waals surface area (Å²) in [5.74, 6) is 0.944. The molecule has 8 nitrogen and oxygen atoms in total. The number of thioether (sulfide) groups is 1. The molecule has 0 saturated heterocycles. The molecule has 0 spiro atoms. The van der Waals surface area contributed by atoms with E-state index in [0.29, 0.717) is 0 Å². The fourth-order valence-electron chi connectivity index (χ4n) is 8.39. The van der Waals surface area contributed by atoms with Crippen molar-refractivity contribution >= 4 is 34.6 Å². The maximum Gasteiger partial charge on any atom is 0.375 e. The first-order valence-corrected chi connectivity index (χ1v) is 16.1. The van der Waals surface area contributed by atoms with E-state index in [2.05, 4.69) is 11.8 Å². The number of furan rings is 1. The molecule has 1 N–H and O–H groups in total. The van der Waals surface area contributed by atoms with Crippen LogP contribution in [-0.4, -0.2) is 63.8 Å². The highest BCUT2D eigenvalue weighted by molar-refractivity contribution is 8.14. The molecule has 9 atom stereocenters. The zero-order chi connectivity index (χ0) is 32.9. The molecule has 5 rings (SSSR count). The van der Waals surface area contributed by atoms with Crippen LogP contribution in [-0.2, 0) is 23.9 Å². The predicted molar refractivity (Wildman–Crippen MR) is 161 cm³/mol. The average molecular weight is 645 g/mol. The van der Waals surface area contributed by atoms with Crippen LogP contribution in [0.5, 0.6) is 0 Å². The lowest BCUT2D eigenvalue weighted by atomic mass is 9.44. The largest absolute Gasteiger partial charge is 0.457 e. The fourth-order valence-corrected chi connectivity index (χ4v) is 9.39. The van der Waals surface area contributed by atoms with Crippen LogP contribution in [0.15, 0.2) is 46.6 Å². The van der Waals surface area contributed by atoms with E-state index in [1.54, 1.807) is 27.7 Å². The van der Waals surface area contributed by atoms with Crippen LogP contribution in [0.2, 0.25) is 0 Å². The van der Waals surface area contributed by atoms with Crippen molar-refractivity contribution in [2.45, 2.75) is 77.4 Å². The molecular weight excluding hydrogens is 606 g/mol. The van der Waals surface area contributed by atoms with Gasteiger partial charge in [-0.2, -0.15) is 0 Å². The number of esters is 2. The summed E-state index contributed by atoms with van der Waals surface area (Å²) in [7, 11) is 0. The maximum absolute atomic E-state index is 17.6. The second-order valence-electron chi connectivity index (χ2n) is 13.3. The normalized spacial score (nSPS) is 38.3. The number of ether oxygens (including phenoxy) is 2. The van der Waals surface area contributed by atoms with Gasteiger partial charge in [0, 0.05) is 22.7 Å². The van der Waals surface area contributed by atoms with Crippen molar-refractivity contribution in [3.8, 4) is 11.8 Å². The zero-order valence-corrected chi connectivity index (χ0v) is 26.7. The van der Waals surface area contributed by atoms with Gasteiger partial charge in [-0.3, -0.25) is 14.4 Å². The number of alkyl halides is 2. The third-order valence-corrected chi connectivity index (χ3v) is 11.5. The van der Waals surface area contributed by atoms with Crippen LogP contribution in [0.25, 0.3) is 0 Å². The van der Waals surface area contributed by atoms with Gasteiger partial charge in [0.05, 0.1) is 24.0 Å². The van der Waals surface area contributed by atoms with E-state index in [0.717, 1.165) is 17.8 Å². The molecule has 0 unspecified atom stereocenters. The summed E-state index contributed by atoms with van der Waals surface area (Å²) in [6.07, 6.45) is 1.32. The van der Waals surface area contributed by atoms with Gasteiger partial charge in [-0.25, -0.2) is 13.6 Å². The number of rotatable bonds is 6. The predicted octanol–water partition coefficient (Wildman–Crippen LogP) is 5.20. The number of ketones is 1. The summed E-state index contributed by atoms with van der Waals surface area (Å²) in [5.41, 5.74) is -7.08. The van der Waals surface area contributed by atoms with E-state index in [9.17, 15) is 24.3 Å². The van der Waals surface area contributed by atoms with Crippen LogP contribution in [0, 0.1) is 46.3 Å². The Morgan fingerprint density at radius 2 is 1.93 bits per heavy atom. The number of halogens is 2. The number of aliphatic hydroxyl groups is 1. The minimum atomic E-state index is -2.35. The molecule has 11 heteroatoms. The number of hydrogen-bond acceptors (Lipinski definition) is 9. The summed E-state index contributed by atoms with van der Waals surface area (Å²) >= 11 is 0.815. The number of fused-ring (bicyclic) bond motifs is 5. The standard InChI is InChI=1S/C34H38F2O8S/c1-19(2)28(39)43-12-6-7-14-45-30(41)34(44-29(40)26-9-8-13-42-26)20(3)15-22-23-17-25(35)24-16-21(37)10-11-31(24,4)33(23,36)27(38)18-32(22,34)5/h8-11,13,16,19-20,22-23,25,27,38H,12,14-15,17-18H2,1-5H3/t20-,22+,23+,25+,27+,31+,32+,33+,34+/m1/s1. The Balaban J connectivity index is 1.51. The Morgan fingerprint density at radius 1 is 1.20 bits per heavy atom. The molecule has 1 heterocycles. The first-order valence-electron chi connectivity index (χ1n) is 15.2. The van der Waals surface area contributed by atoms with Crippen molar-refractivity contribution in [3.63, 3.8) is 0 Å². The lowest BCUT2D eigenvalue weighted by Gasteiger charge is -2.63. The molecule has 0 bridgehead atoms. The van der Waals surface area contributed by atoms with Crippen LogP contribution >= 0.6 is 11.8 Å². The van der Waals surface area contributed by atoms with E-state index in [-0.39, 0.29) is 48.9 Å². The SMILES string of the molecule is CC(C)C(=O)OCC#CCSC(=O)[C@@]1(OC(=O)c2ccco2)[C@H](C)C[C@H]2[C@@H]3C[C@H](F)C4=CC(=O)C=C[C@]4(C)[C@@]3(F)[C@@H](O)C[C@@]21C. The molecule has 0 amide bonds. The van der Waals surface area contributed by atoms with Crippen LogP contribution < -0.4 is 0 Å². The van der Waals surface area contributed by atoms with Gasteiger partial charge >= 0.3 is 11.9 Å². The quantitative estimate of drug-likeness (QED) is 0.329. The Kier molecular flexibility index (Phi) is 8.73. The van der Waals surface area contributed by atoms with Crippen LogP contribution in [0.4, 0.5) is 8.78 Å². The molecule has 45 heavy (non-hydrogen) atoms. The molecule has 3 fully saturated rings. The molecule has 4 aliphatic carbocycles. The van der Waals surface area contributed by atoms with E-state index >= 15 is 8.78 Å². The van der Waals surface area contributed by atoms with Gasteiger partial charge in [-0.05, 0) is 62.0 Å². The minimum Gasteiger partial charge on any atom is -0.457 e. The van der Waals surface area contributed by atoms with Gasteiger partial charge in [0.2, 0.25) is 10.9 Å². The molecule has 1 aromatic rings. The molecule has 0 aliphatic heterocycles. The maximum atomic E-state index is 17.6. The first-order chi connectivity index (χ1) is 21.1. The summed E-state index contributed by atoms with van der Waals surface area (Å²) < 4.78 is 50.0. The highest BCUT2D eigenvalue weighted by atomic mass is 32.2. The Hall–Kier alpha value is -3.23. The lowest BCUT2D eigenvalue weighted by Crippen LogP contribution is -2.70. The number of allylic oxidation sites excluding steroid dienone is 4. The zero-order valence-electron chi connectivity index (χ0n) is 25.9. The van der Waals surface area contributed by atoms with E-state index in [4.69, 9.17) is 13.9 Å². The molecule has 4 aliphatic rings. The van der Waals surface area contributed by atoms with Crippen molar-refractivity contribution in [1.29, 1.82) is 0 Å². The highest BCUT2D eigenvalue weighted by Gasteiger charge is 2.78. The highest BCUT2D eigenvalue weighted by Crippen LogP contribution is 2.72. The fraction of sp³-hybridized carbons (Fsp3) is 0.588. The van der Waals surface area contributed by atoms with Gasteiger partial charge in [0.15, 0.2) is 23.7 Å². The van der Waals surface area contributed by atoms with Crippen LogP contribution in [0.1, 0.15) is 64.4 Å². The Morgan fingerprint density at radius 3 is 2.60 bits per heavy atom. The van der Waals surface area contributed by atoms with E-state index < -0.39 is 75.0 Å². The van der Waals surface area contributed by atoms with Crippen molar-refractivity contribution in [3.05, 3.63) is 48.0 Å². The molecule has 3 saturated carbocycles. The summed E-state index contributed by atoms with van der Waals surface area (Å²) in [5, 5.41) is 11.2. The third kappa shape index (κ3) is 4.99. The molecule has 1 aromatic heterocycles. The monoisotopic (exact) mass is 644 g/mol. The minimum absolute atomic E-state index is 0.00207. The number of hydrogen-bond donors (Lipinski definition) is 1. The molecule has 242 valence electrons. The van der Waals surface area contributed by atoms with Gasteiger partial charge in [0.25, 0.3) is 0 Å². The lowest BCUT2D eigenvalue weighted by molar-refractivity contribution is -0.221. The molecule has 0 radical (unpaired) electrons. The molecule has 0 aromatic carbocycles. The summed E-state index contributed by atoms with van der Waals surface area (Å²) in [6.45, 7) is 8.20. The van der Waals surface area contributed by atoms with Gasteiger partial charge < -0.3 is 19.0 Å². The first kappa shape index (κ1) is 33.1. The van der Waals surface area contributed by atoms with Gasteiger partial charge in [0.1, 0.15) is 6.17 Å².